The number of anilines is 2. The van der Waals surface area contributed by atoms with E-state index in [-0.39, 0.29) is 5.91 Å². The van der Waals surface area contributed by atoms with Gasteiger partial charge in [0.2, 0.25) is 5.95 Å². The van der Waals surface area contributed by atoms with Crippen molar-refractivity contribution in [2.45, 2.75) is 20.8 Å². The second-order valence-electron chi connectivity index (χ2n) is 5.77. The molecule has 0 bridgehead atoms. The molecule has 0 aromatic carbocycles. The number of hydrogen-bond donors (Lipinski definition) is 1. The molecule has 1 aliphatic heterocycles. The molecular weight excluding hydrogens is 324 g/mol. The van der Waals surface area contributed by atoms with Gasteiger partial charge in [-0.15, -0.1) is 11.3 Å². The highest BCUT2D eigenvalue weighted by molar-refractivity contribution is 7.11. The molecule has 1 N–H and O–H groups in total. The predicted octanol–water partition coefficient (Wildman–Crippen LogP) is 1.94. The van der Waals surface area contributed by atoms with E-state index in [2.05, 4.69) is 25.2 Å². The van der Waals surface area contributed by atoms with Crippen LogP contribution in [0, 0.1) is 13.8 Å². The highest BCUT2D eigenvalue weighted by Crippen LogP contribution is 2.19. The minimum Gasteiger partial charge on any atom is -0.370 e. The standard InChI is InChI=1S/C16H22N6OS/c1-4-17-13-9-11(2)19-16(20-13)22-7-5-21(6-8-22)15(23)14-12(3)18-10-24-14/h9-10H,4-8H2,1-3H3,(H,17,19,20). The lowest BCUT2D eigenvalue weighted by molar-refractivity contribution is 0.0750. The van der Waals surface area contributed by atoms with Crippen LogP contribution in [0.1, 0.15) is 28.0 Å². The third kappa shape index (κ3) is 3.48. The Labute approximate surface area is 145 Å². The summed E-state index contributed by atoms with van der Waals surface area (Å²) in [5.41, 5.74) is 3.47. The molecule has 24 heavy (non-hydrogen) atoms. The predicted molar refractivity (Wildman–Crippen MR) is 95.9 cm³/mol. The lowest BCUT2D eigenvalue weighted by Gasteiger charge is -2.34. The van der Waals surface area contributed by atoms with Crippen molar-refractivity contribution in [3.05, 3.63) is 27.8 Å². The first-order valence-electron chi connectivity index (χ1n) is 8.12. The molecule has 1 amide bonds. The quantitative estimate of drug-likeness (QED) is 0.912. The number of carbonyl (C=O) groups excluding carboxylic acids is 1. The van der Waals surface area contributed by atoms with Gasteiger partial charge >= 0.3 is 0 Å². The fourth-order valence-corrected chi connectivity index (χ4v) is 3.50. The van der Waals surface area contributed by atoms with Gasteiger partial charge in [-0.3, -0.25) is 4.79 Å². The number of aryl methyl sites for hydroxylation is 2. The third-order valence-electron chi connectivity index (χ3n) is 3.99. The Kier molecular flexibility index (Phi) is 4.94. The molecule has 0 spiro atoms. The molecule has 0 unspecified atom stereocenters. The Morgan fingerprint density at radius 3 is 2.62 bits per heavy atom. The monoisotopic (exact) mass is 346 g/mol. The molecule has 0 radical (unpaired) electrons. The van der Waals surface area contributed by atoms with Gasteiger partial charge in [-0.25, -0.2) is 9.97 Å². The number of carbonyl (C=O) groups is 1. The summed E-state index contributed by atoms with van der Waals surface area (Å²) in [7, 11) is 0. The minimum absolute atomic E-state index is 0.0770. The van der Waals surface area contributed by atoms with Gasteiger partial charge in [-0.05, 0) is 20.8 Å². The first-order chi connectivity index (χ1) is 11.6. The summed E-state index contributed by atoms with van der Waals surface area (Å²) in [6.07, 6.45) is 0. The third-order valence-corrected chi connectivity index (χ3v) is 4.91. The molecule has 1 aliphatic rings. The topological polar surface area (TPSA) is 74.2 Å². The van der Waals surface area contributed by atoms with Gasteiger partial charge in [0.1, 0.15) is 10.7 Å². The summed E-state index contributed by atoms with van der Waals surface area (Å²) in [6.45, 7) is 9.53. The van der Waals surface area contributed by atoms with Gasteiger partial charge in [0.25, 0.3) is 5.91 Å². The van der Waals surface area contributed by atoms with Crippen LogP contribution >= 0.6 is 11.3 Å². The average Bonchev–Trinajstić information content (AvgIpc) is 3.00. The van der Waals surface area contributed by atoms with Crippen molar-refractivity contribution in [1.82, 2.24) is 19.9 Å². The summed E-state index contributed by atoms with van der Waals surface area (Å²) in [6, 6.07) is 1.94. The van der Waals surface area contributed by atoms with Crippen LogP contribution in [0.5, 0.6) is 0 Å². The number of aromatic nitrogens is 3. The summed E-state index contributed by atoms with van der Waals surface area (Å²) in [5.74, 6) is 1.65. The van der Waals surface area contributed by atoms with Gasteiger partial charge in [0.05, 0.1) is 11.2 Å². The van der Waals surface area contributed by atoms with Gasteiger partial charge < -0.3 is 15.1 Å². The van der Waals surface area contributed by atoms with E-state index in [1.54, 1.807) is 5.51 Å². The Morgan fingerprint density at radius 1 is 1.25 bits per heavy atom. The number of thiazole rings is 1. The lowest BCUT2D eigenvalue weighted by atomic mass is 10.3. The summed E-state index contributed by atoms with van der Waals surface area (Å²) < 4.78 is 0. The molecule has 1 fully saturated rings. The first kappa shape index (κ1) is 16.6. The molecule has 1 saturated heterocycles. The lowest BCUT2D eigenvalue weighted by Crippen LogP contribution is -2.49. The zero-order valence-corrected chi connectivity index (χ0v) is 15.1. The first-order valence-corrected chi connectivity index (χ1v) is 9.00. The van der Waals surface area contributed by atoms with Gasteiger partial charge in [0, 0.05) is 44.5 Å². The van der Waals surface area contributed by atoms with Gasteiger partial charge in [0.15, 0.2) is 0 Å². The van der Waals surface area contributed by atoms with Crippen molar-refractivity contribution in [2.24, 2.45) is 0 Å². The van der Waals surface area contributed by atoms with E-state index in [1.165, 1.54) is 11.3 Å². The number of hydrogen-bond acceptors (Lipinski definition) is 7. The number of nitrogens with one attached hydrogen (secondary N) is 1. The largest absolute Gasteiger partial charge is 0.370 e. The Morgan fingerprint density at radius 2 is 2.00 bits per heavy atom. The van der Waals surface area contributed by atoms with Crippen molar-refractivity contribution in [2.75, 3.05) is 42.9 Å². The SMILES string of the molecule is CCNc1cc(C)nc(N2CCN(C(=O)c3scnc3C)CC2)n1. The van der Waals surface area contributed by atoms with Crippen molar-refractivity contribution in [3.63, 3.8) is 0 Å². The molecule has 2 aromatic heterocycles. The van der Waals surface area contributed by atoms with Crippen molar-refractivity contribution in [1.29, 1.82) is 0 Å². The van der Waals surface area contributed by atoms with Gasteiger partial charge in [-0.1, -0.05) is 0 Å². The second-order valence-corrected chi connectivity index (χ2v) is 6.63. The molecule has 3 heterocycles. The fourth-order valence-electron chi connectivity index (χ4n) is 2.73. The zero-order chi connectivity index (χ0) is 17.1. The number of rotatable bonds is 4. The maximum Gasteiger partial charge on any atom is 0.265 e. The highest BCUT2D eigenvalue weighted by atomic mass is 32.1. The van der Waals surface area contributed by atoms with Gasteiger partial charge in [-0.2, -0.15) is 4.98 Å². The fraction of sp³-hybridized carbons (Fsp3) is 0.500. The maximum atomic E-state index is 12.6. The number of nitrogens with zero attached hydrogens (tertiary/aromatic N) is 5. The normalized spacial score (nSPS) is 14.8. The molecule has 2 aromatic rings. The van der Waals surface area contributed by atoms with E-state index in [9.17, 15) is 4.79 Å². The minimum atomic E-state index is 0.0770. The van der Waals surface area contributed by atoms with Crippen LogP contribution in [0.2, 0.25) is 0 Å². The summed E-state index contributed by atoms with van der Waals surface area (Å²) in [4.78, 5) is 30.6. The van der Waals surface area contributed by atoms with Crippen LogP contribution in [0.15, 0.2) is 11.6 Å². The summed E-state index contributed by atoms with van der Waals surface area (Å²) in [5, 5.41) is 3.23. The van der Waals surface area contributed by atoms with E-state index in [0.717, 1.165) is 47.7 Å². The van der Waals surface area contributed by atoms with Crippen LogP contribution < -0.4 is 10.2 Å². The zero-order valence-electron chi connectivity index (χ0n) is 14.2. The average molecular weight is 346 g/mol. The summed E-state index contributed by atoms with van der Waals surface area (Å²) >= 11 is 1.41. The molecule has 7 nitrogen and oxygen atoms in total. The molecule has 128 valence electrons. The maximum absolute atomic E-state index is 12.6. The highest BCUT2D eigenvalue weighted by Gasteiger charge is 2.25. The number of amides is 1. The van der Waals surface area contributed by atoms with E-state index < -0.39 is 0 Å². The van der Waals surface area contributed by atoms with Crippen LogP contribution in [0.3, 0.4) is 0 Å². The van der Waals surface area contributed by atoms with E-state index in [4.69, 9.17) is 0 Å². The smallest absolute Gasteiger partial charge is 0.265 e. The molecular formula is C16H22N6OS. The van der Waals surface area contributed by atoms with Crippen molar-refractivity contribution >= 4 is 29.0 Å². The molecule has 8 heteroatoms. The van der Waals surface area contributed by atoms with Crippen LogP contribution in [0.4, 0.5) is 11.8 Å². The van der Waals surface area contributed by atoms with Crippen LogP contribution in [-0.4, -0.2) is 58.5 Å². The second kappa shape index (κ2) is 7.12. The van der Waals surface area contributed by atoms with Crippen molar-refractivity contribution < 1.29 is 4.79 Å². The van der Waals surface area contributed by atoms with Crippen molar-refractivity contribution in [3.8, 4) is 0 Å². The van der Waals surface area contributed by atoms with Crippen LogP contribution in [-0.2, 0) is 0 Å². The Balaban J connectivity index is 1.67. The Hall–Kier alpha value is -2.22. The van der Waals surface area contributed by atoms with E-state index in [0.29, 0.717) is 13.1 Å². The van der Waals surface area contributed by atoms with E-state index >= 15 is 0 Å². The van der Waals surface area contributed by atoms with E-state index in [1.807, 2.05) is 31.7 Å². The number of piperazine rings is 1. The molecule has 0 saturated carbocycles. The molecule has 0 aliphatic carbocycles. The van der Waals surface area contributed by atoms with Crippen LogP contribution in [0.25, 0.3) is 0 Å². The molecule has 0 atom stereocenters. The Bertz CT molecular complexity index is 723. The molecule has 3 rings (SSSR count).